The summed E-state index contributed by atoms with van der Waals surface area (Å²) in [6, 6.07) is 5.00. The van der Waals surface area contributed by atoms with Crippen LogP contribution in [-0.2, 0) is 18.3 Å². The van der Waals surface area contributed by atoms with Crippen molar-refractivity contribution in [2.75, 3.05) is 11.1 Å². The van der Waals surface area contributed by atoms with Gasteiger partial charge in [-0.25, -0.2) is 13.8 Å². The molecule has 1 aliphatic heterocycles. The highest BCUT2D eigenvalue weighted by atomic mass is 19.1. The van der Waals surface area contributed by atoms with Crippen molar-refractivity contribution in [3.63, 3.8) is 0 Å². The van der Waals surface area contributed by atoms with Gasteiger partial charge in [0, 0.05) is 19.0 Å². The molecule has 10 heteroatoms. The summed E-state index contributed by atoms with van der Waals surface area (Å²) < 4.78 is 21.4. The van der Waals surface area contributed by atoms with Crippen molar-refractivity contribution >= 4 is 17.4 Å². The van der Waals surface area contributed by atoms with E-state index in [9.17, 15) is 23.9 Å². The molecule has 2 heterocycles. The van der Waals surface area contributed by atoms with Crippen LogP contribution in [0.1, 0.15) is 35.6 Å². The number of rotatable bonds is 3. The summed E-state index contributed by atoms with van der Waals surface area (Å²) in [4.78, 5) is 39.0. The summed E-state index contributed by atoms with van der Waals surface area (Å²) in [7, 11) is 1.26. The van der Waals surface area contributed by atoms with Gasteiger partial charge in [0.15, 0.2) is 5.60 Å². The summed E-state index contributed by atoms with van der Waals surface area (Å²) in [6.45, 7) is 6.99. The molecule has 0 aliphatic carbocycles. The average Bonchev–Trinajstić information content (AvgIpc) is 2.83. The molecule has 1 unspecified atom stereocenters. The number of carbonyl (C=O) groups excluding carboxylic acids is 1. The van der Waals surface area contributed by atoms with Crippen LogP contribution in [0.5, 0.6) is 11.5 Å². The molecule has 0 saturated heterocycles. The summed E-state index contributed by atoms with van der Waals surface area (Å²) in [5, 5.41) is 13.0. The van der Waals surface area contributed by atoms with Gasteiger partial charge in [0.1, 0.15) is 28.8 Å². The molecule has 4 N–H and O–H groups in total. The average molecular weight is 483 g/mol. The van der Waals surface area contributed by atoms with Crippen LogP contribution in [0.3, 0.4) is 0 Å². The zero-order valence-corrected chi connectivity index (χ0v) is 20.2. The number of nitrogen functional groups attached to an aromatic ring is 1. The first kappa shape index (κ1) is 24.1. The number of aromatic nitrogens is 2. The van der Waals surface area contributed by atoms with Crippen molar-refractivity contribution < 1.29 is 19.0 Å². The number of anilines is 2. The lowest BCUT2D eigenvalue weighted by Gasteiger charge is -2.36. The number of phenolic OH excluding ortho intramolecular Hbond substituents is 1. The lowest BCUT2D eigenvalue weighted by Crippen LogP contribution is -2.50. The second-order valence-corrected chi connectivity index (χ2v) is 9.04. The van der Waals surface area contributed by atoms with Crippen LogP contribution in [-0.4, -0.2) is 25.7 Å². The summed E-state index contributed by atoms with van der Waals surface area (Å²) in [5.41, 5.74) is 6.17. The van der Waals surface area contributed by atoms with Gasteiger partial charge in [-0.05, 0) is 75.1 Å². The second kappa shape index (κ2) is 8.30. The van der Waals surface area contributed by atoms with Gasteiger partial charge in [-0.1, -0.05) is 0 Å². The highest BCUT2D eigenvalue weighted by Gasteiger charge is 2.41. The largest absolute Gasteiger partial charge is 0.507 e. The number of phenols is 1. The molecule has 0 saturated carbocycles. The molecule has 0 spiro atoms. The number of nitrogens with two attached hydrogens (primary N) is 1. The maximum absolute atomic E-state index is 13.4. The van der Waals surface area contributed by atoms with Crippen molar-refractivity contribution in [3.05, 3.63) is 73.2 Å². The third kappa shape index (κ3) is 3.74. The maximum atomic E-state index is 13.4. The quantitative estimate of drug-likeness (QED) is 0.526. The summed E-state index contributed by atoms with van der Waals surface area (Å²) in [6.07, 6.45) is 0.759. The minimum absolute atomic E-state index is 0.206. The molecule has 0 fully saturated rings. The van der Waals surface area contributed by atoms with Crippen LogP contribution in [0, 0.1) is 26.6 Å². The number of hydrogen-bond donors (Lipinski definition) is 3. The Morgan fingerprint density at radius 3 is 2.40 bits per heavy atom. The SMILES string of the molecule is Cc1c(C)c2c(c(C)c1O)CCC(C)(C(=O)Nc1c(N)n(-c3ccc(F)cc3)c(=O)n(C)c1=O)O2. The van der Waals surface area contributed by atoms with E-state index in [1.165, 1.54) is 19.2 Å². The monoisotopic (exact) mass is 482 g/mol. The molecule has 9 nitrogen and oxygen atoms in total. The van der Waals surface area contributed by atoms with Crippen molar-refractivity contribution in [3.8, 4) is 17.2 Å². The standard InChI is InChI=1S/C25H27FN4O5/c1-12-13(2)20-17(14(3)19(12)31)10-11-25(4,35-20)23(33)28-18-21(27)30(24(34)29(5)22(18)32)16-8-6-15(26)7-9-16/h6-9,31H,10-11,27H2,1-5H3,(H,28,33). The van der Waals surface area contributed by atoms with Gasteiger partial charge < -0.3 is 20.9 Å². The Balaban J connectivity index is 1.75. The van der Waals surface area contributed by atoms with Gasteiger partial charge in [0.2, 0.25) is 0 Å². The lowest BCUT2D eigenvalue weighted by molar-refractivity contribution is -0.131. The van der Waals surface area contributed by atoms with Crippen LogP contribution in [0.25, 0.3) is 5.69 Å². The first-order chi connectivity index (χ1) is 16.4. The molecule has 1 amide bonds. The van der Waals surface area contributed by atoms with E-state index in [0.717, 1.165) is 32.4 Å². The Labute approximate surface area is 200 Å². The van der Waals surface area contributed by atoms with Crippen molar-refractivity contribution in [1.29, 1.82) is 0 Å². The van der Waals surface area contributed by atoms with E-state index in [4.69, 9.17) is 10.5 Å². The maximum Gasteiger partial charge on any atom is 0.337 e. The van der Waals surface area contributed by atoms with Gasteiger partial charge >= 0.3 is 5.69 Å². The molecule has 1 aromatic heterocycles. The van der Waals surface area contributed by atoms with Crippen LogP contribution in [0.4, 0.5) is 15.9 Å². The van der Waals surface area contributed by atoms with Crippen LogP contribution in [0.15, 0.2) is 33.9 Å². The number of fused-ring (bicyclic) bond motifs is 1. The molecule has 1 atom stereocenters. The van der Waals surface area contributed by atoms with E-state index in [0.29, 0.717) is 23.3 Å². The van der Waals surface area contributed by atoms with Crippen molar-refractivity contribution in [2.45, 2.75) is 46.1 Å². The molecule has 1 aliphatic rings. The van der Waals surface area contributed by atoms with Gasteiger partial charge in [-0.15, -0.1) is 0 Å². The Kier molecular flexibility index (Phi) is 5.70. The number of nitrogens with zero attached hydrogens (tertiary/aromatic N) is 2. The van der Waals surface area contributed by atoms with E-state index >= 15 is 0 Å². The first-order valence-electron chi connectivity index (χ1n) is 11.1. The van der Waals surface area contributed by atoms with E-state index in [1.807, 2.05) is 6.92 Å². The molecule has 3 aromatic rings. The lowest BCUT2D eigenvalue weighted by atomic mass is 9.86. The molecular weight excluding hydrogens is 455 g/mol. The zero-order valence-electron chi connectivity index (χ0n) is 20.2. The fraction of sp³-hybridized carbons (Fsp3) is 0.320. The third-order valence-corrected chi connectivity index (χ3v) is 6.82. The minimum atomic E-state index is -1.35. The van der Waals surface area contributed by atoms with Gasteiger partial charge in [-0.2, -0.15) is 0 Å². The fourth-order valence-electron chi connectivity index (χ4n) is 4.34. The smallest absolute Gasteiger partial charge is 0.337 e. The predicted molar refractivity (Wildman–Crippen MR) is 130 cm³/mol. The normalized spacial score (nSPS) is 17.0. The van der Waals surface area contributed by atoms with Crippen LogP contribution >= 0.6 is 0 Å². The van der Waals surface area contributed by atoms with Gasteiger partial charge in [0.05, 0.1) is 5.69 Å². The number of halogens is 1. The van der Waals surface area contributed by atoms with Crippen molar-refractivity contribution in [2.24, 2.45) is 7.05 Å². The fourth-order valence-corrected chi connectivity index (χ4v) is 4.34. The number of hydrogen-bond acceptors (Lipinski definition) is 6. The van der Waals surface area contributed by atoms with Crippen LogP contribution in [0.2, 0.25) is 0 Å². The molecule has 0 bridgehead atoms. The molecule has 4 rings (SSSR count). The number of amides is 1. The highest BCUT2D eigenvalue weighted by molar-refractivity contribution is 5.99. The van der Waals surface area contributed by atoms with Crippen LogP contribution < -0.4 is 27.0 Å². The second-order valence-electron chi connectivity index (χ2n) is 9.04. The zero-order chi connectivity index (χ0) is 25.8. The Hall–Kier alpha value is -4.08. The molecule has 0 radical (unpaired) electrons. The molecule has 35 heavy (non-hydrogen) atoms. The Bertz CT molecular complexity index is 1490. The Morgan fingerprint density at radius 1 is 1.14 bits per heavy atom. The minimum Gasteiger partial charge on any atom is -0.507 e. The van der Waals surface area contributed by atoms with Crippen molar-refractivity contribution in [1.82, 2.24) is 9.13 Å². The van der Waals surface area contributed by atoms with E-state index < -0.39 is 28.6 Å². The van der Waals surface area contributed by atoms with Gasteiger partial charge in [0.25, 0.3) is 11.5 Å². The number of carbonyl (C=O) groups is 1. The van der Waals surface area contributed by atoms with E-state index in [-0.39, 0.29) is 29.4 Å². The highest BCUT2D eigenvalue weighted by Crippen LogP contribution is 2.43. The summed E-state index contributed by atoms with van der Waals surface area (Å²) in [5.74, 6) is -0.670. The number of ether oxygens (including phenoxy) is 1. The number of nitrogens with one attached hydrogen (secondary N) is 1. The van der Waals surface area contributed by atoms with E-state index in [1.54, 1.807) is 20.8 Å². The number of aromatic hydroxyl groups is 1. The Morgan fingerprint density at radius 2 is 1.77 bits per heavy atom. The molecule has 184 valence electrons. The first-order valence-corrected chi connectivity index (χ1v) is 11.1. The topological polar surface area (TPSA) is 129 Å². The van der Waals surface area contributed by atoms with E-state index in [2.05, 4.69) is 5.32 Å². The predicted octanol–water partition coefficient (Wildman–Crippen LogP) is 2.61. The molecular formula is C25H27FN4O5. The number of benzene rings is 2. The van der Waals surface area contributed by atoms with Gasteiger partial charge in [-0.3, -0.25) is 14.2 Å². The third-order valence-electron chi connectivity index (χ3n) is 6.82. The summed E-state index contributed by atoms with van der Waals surface area (Å²) >= 11 is 0. The molecule has 2 aromatic carbocycles.